The number of nitrogens with one attached hydrogen (secondary N) is 4. The van der Waals surface area contributed by atoms with Crippen LogP contribution in [0.15, 0.2) is 6.07 Å². The second kappa shape index (κ2) is 21.2. The van der Waals surface area contributed by atoms with Crippen LogP contribution in [-0.2, 0) is 26.7 Å². The van der Waals surface area contributed by atoms with Crippen molar-refractivity contribution in [2.75, 3.05) is 18.8 Å². The molecule has 3 atom stereocenters. The van der Waals surface area contributed by atoms with Crippen molar-refractivity contribution in [2.45, 2.75) is 94.4 Å². The van der Waals surface area contributed by atoms with Crippen LogP contribution in [0.3, 0.4) is 0 Å². The van der Waals surface area contributed by atoms with Crippen LogP contribution >= 0.6 is 11.8 Å². The van der Waals surface area contributed by atoms with Gasteiger partial charge in [0.25, 0.3) is 0 Å². The van der Waals surface area contributed by atoms with Gasteiger partial charge in [0.2, 0.25) is 11.8 Å². The fourth-order valence-electron chi connectivity index (χ4n) is 4.74. The standard InChI is InChI=1S/C27H37N4O4S.C5H.Fe/c32-22(20-11-5-6-12-20)13-3-1-9-17-28-24(33)15-4-2-10-18-29-25(34)16-8-7-14-23-26-21(19-36-23)30-27(35)31-26;1-2-4-5-3-1;/h21,23,26H,1-4,7-10,13-19H2,(H,28,33)(H,29,34)(H2,30,31,35);1H;/q2*-5;/t21-,23-,26-;;/m0../s1. The summed E-state index contributed by atoms with van der Waals surface area (Å²) in [5.74, 6) is 1.13. The van der Waals surface area contributed by atoms with E-state index >= 15 is 0 Å². The van der Waals surface area contributed by atoms with E-state index in [1.165, 1.54) is 0 Å². The molecular formula is C32H38FeN4O4S-10. The SMILES string of the molecule is O=C(CCCCCNC(=O)CCCC[C@@H]1SC[C@@H]2NC(=O)N[C@@H]21)NCCCCCC(=O)[c-]1[c-][c-][c-][c-]1.[Fe].[c-]1[c-][c-][cH-][c-]1. The molecule has 4 amide bonds. The predicted molar refractivity (Wildman–Crippen MR) is 156 cm³/mol. The van der Waals surface area contributed by atoms with Crippen LogP contribution in [0.2, 0.25) is 0 Å². The van der Waals surface area contributed by atoms with Crippen LogP contribution in [0.1, 0.15) is 87.4 Å². The molecule has 0 unspecified atom stereocenters. The maximum Gasteiger partial charge on any atom is 0.315 e. The Kier molecular flexibility index (Phi) is 18.0. The van der Waals surface area contributed by atoms with Gasteiger partial charge >= 0.3 is 6.03 Å². The van der Waals surface area contributed by atoms with Crippen molar-refractivity contribution in [3.8, 4) is 0 Å². The summed E-state index contributed by atoms with van der Waals surface area (Å²) >= 11 is 1.91. The number of hydrogen-bond donors (Lipinski definition) is 4. The molecule has 2 aromatic rings. The normalized spacial score (nSPS) is 18.5. The third kappa shape index (κ3) is 14.1. The molecule has 42 heavy (non-hydrogen) atoms. The van der Waals surface area contributed by atoms with Crippen molar-refractivity contribution in [2.24, 2.45) is 0 Å². The molecule has 10 heteroatoms. The topological polar surface area (TPSA) is 116 Å². The van der Waals surface area contributed by atoms with Gasteiger partial charge in [-0.1, -0.05) is 25.7 Å². The number of amides is 4. The number of Topliss-reactive ketones (excluding diaryl/α,β-unsaturated/α-hetero) is 1. The molecule has 234 valence electrons. The minimum absolute atomic E-state index is 0. The van der Waals surface area contributed by atoms with Crippen LogP contribution < -0.4 is 21.3 Å². The Morgan fingerprint density at radius 1 is 0.810 bits per heavy atom. The van der Waals surface area contributed by atoms with E-state index in [1.807, 2.05) is 11.8 Å². The van der Waals surface area contributed by atoms with Gasteiger partial charge < -0.3 is 86.2 Å². The van der Waals surface area contributed by atoms with E-state index in [0.29, 0.717) is 43.2 Å². The third-order valence-corrected chi connectivity index (χ3v) is 8.46. The average molecular weight is 631 g/mol. The fourth-order valence-corrected chi connectivity index (χ4v) is 6.29. The first-order chi connectivity index (χ1) is 20.0. The Labute approximate surface area is 265 Å². The van der Waals surface area contributed by atoms with E-state index in [-0.39, 0.29) is 52.8 Å². The van der Waals surface area contributed by atoms with Crippen molar-refractivity contribution in [1.82, 2.24) is 21.3 Å². The van der Waals surface area contributed by atoms with Crippen LogP contribution in [0.5, 0.6) is 0 Å². The molecule has 8 nitrogen and oxygen atoms in total. The Morgan fingerprint density at radius 3 is 2.00 bits per heavy atom. The zero-order valence-electron chi connectivity index (χ0n) is 23.8. The molecule has 2 aromatic carbocycles. The van der Waals surface area contributed by atoms with Crippen LogP contribution in [0.4, 0.5) is 4.79 Å². The Morgan fingerprint density at radius 2 is 1.40 bits per heavy atom. The summed E-state index contributed by atoms with van der Waals surface area (Å²) in [6.07, 6.45) is 9.47. The van der Waals surface area contributed by atoms with Gasteiger partial charge in [0.1, 0.15) is 0 Å². The van der Waals surface area contributed by atoms with Crippen molar-refractivity contribution in [1.29, 1.82) is 0 Å². The van der Waals surface area contributed by atoms with Crippen molar-refractivity contribution in [3.05, 3.63) is 60.2 Å². The van der Waals surface area contributed by atoms with E-state index in [0.717, 1.165) is 63.5 Å². The van der Waals surface area contributed by atoms with Crippen molar-refractivity contribution >= 4 is 35.4 Å². The van der Waals surface area contributed by atoms with Gasteiger partial charge in [0, 0.05) is 54.0 Å². The minimum atomic E-state index is -0.0575. The predicted octanol–water partition coefficient (Wildman–Crippen LogP) is 3.47. The first-order valence-corrected chi connectivity index (χ1v) is 15.5. The molecule has 0 spiro atoms. The van der Waals surface area contributed by atoms with Gasteiger partial charge in [-0.2, -0.15) is 11.8 Å². The summed E-state index contributed by atoms with van der Waals surface area (Å²) in [6, 6.07) is 23.0. The zero-order valence-corrected chi connectivity index (χ0v) is 25.7. The van der Waals surface area contributed by atoms with Crippen LogP contribution in [0, 0.1) is 48.5 Å². The maximum absolute atomic E-state index is 12.0. The monoisotopic (exact) mass is 630 g/mol. The molecule has 0 bridgehead atoms. The molecule has 2 heterocycles. The number of unbranched alkanes of at least 4 members (excludes halogenated alkanes) is 5. The number of carbonyl (C=O) groups is 4. The molecule has 0 aromatic heterocycles. The molecule has 0 radical (unpaired) electrons. The fraction of sp³-hybridized carbons (Fsp3) is 0.562. The van der Waals surface area contributed by atoms with Gasteiger partial charge in [-0.3, -0.25) is 15.4 Å². The number of rotatable bonds is 18. The third-order valence-electron chi connectivity index (χ3n) is 6.95. The second-order valence-corrected chi connectivity index (χ2v) is 11.4. The Bertz CT molecular complexity index is 1010. The molecular weight excluding hydrogens is 592 g/mol. The molecule has 0 aliphatic carbocycles. The van der Waals surface area contributed by atoms with E-state index in [9.17, 15) is 19.2 Å². The Balaban J connectivity index is 0.000000927. The summed E-state index contributed by atoms with van der Waals surface area (Å²) in [4.78, 5) is 47.2. The van der Waals surface area contributed by atoms with Gasteiger partial charge in [-0.25, -0.2) is 4.79 Å². The van der Waals surface area contributed by atoms with Crippen molar-refractivity contribution in [3.63, 3.8) is 0 Å². The average Bonchev–Trinajstić information content (AvgIpc) is 3.78. The van der Waals surface area contributed by atoms with Gasteiger partial charge in [-0.05, 0) is 32.1 Å². The number of fused-ring (bicyclic) bond motifs is 1. The van der Waals surface area contributed by atoms with E-state index in [2.05, 4.69) is 69.8 Å². The van der Waals surface area contributed by atoms with Gasteiger partial charge in [-0.15, -0.1) is 6.42 Å². The smallest absolute Gasteiger partial charge is 0.315 e. The molecule has 0 saturated carbocycles. The number of carbonyl (C=O) groups excluding carboxylic acids is 4. The second-order valence-electron chi connectivity index (χ2n) is 10.2. The first-order valence-electron chi connectivity index (χ1n) is 14.5. The van der Waals surface area contributed by atoms with Crippen LogP contribution in [0.25, 0.3) is 0 Å². The molecule has 2 aliphatic rings. The minimum Gasteiger partial charge on any atom is -0.999 e. The summed E-state index contributed by atoms with van der Waals surface area (Å²) in [5.41, 5.74) is 0.426. The molecule has 4 rings (SSSR count). The quantitative estimate of drug-likeness (QED) is 0.0662. The summed E-state index contributed by atoms with van der Waals surface area (Å²) in [7, 11) is 0. The molecule has 4 N–H and O–H groups in total. The number of thioether (sulfide) groups is 1. The first kappa shape index (κ1) is 35.6. The number of ketones is 1. The summed E-state index contributed by atoms with van der Waals surface area (Å²) in [6.45, 7) is 1.28. The van der Waals surface area contributed by atoms with Crippen LogP contribution in [-0.4, -0.2) is 59.8 Å². The molecule has 2 fully saturated rings. The van der Waals surface area contributed by atoms with Gasteiger partial charge in [0.05, 0.1) is 12.1 Å². The number of urea groups is 1. The summed E-state index contributed by atoms with van der Waals surface area (Å²) in [5, 5.41) is 12.3. The van der Waals surface area contributed by atoms with E-state index < -0.39 is 0 Å². The Hall–Kier alpha value is -2.55. The zero-order chi connectivity index (χ0) is 29.1. The largest absolute Gasteiger partial charge is 0.999 e. The van der Waals surface area contributed by atoms with Crippen molar-refractivity contribution < 1.29 is 36.2 Å². The maximum atomic E-state index is 12.0. The summed E-state index contributed by atoms with van der Waals surface area (Å²) < 4.78 is 0. The molecule has 2 saturated heterocycles. The number of hydrogen-bond acceptors (Lipinski definition) is 5. The van der Waals surface area contributed by atoms with Gasteiger partial charge in [0.15, 0.2) is 0 Å². The molecule has 2 aliphatic heterocycles. The van der Waals surface area contributed by atoms with E-state index in [4.69, 9.17) is 0 Å². The van der Waals surface area contributed by atoms with E-state index in [1.54, 1.807) is 6.07 Å².